The maximum absolute atomic E-state index is 12.4. The van der Waals surface area contributed by atoms with Crippen molar-refractivity contribution in [3.8, 4) is 0 Å². The van der Waals surface area contributed by atoms with Gasteiger partial charge in [-0.15, -0.1) is 0 Å². The molecule has 3 rings (SSSR count). The first-order chi connectivity index (χ1) is 9.97. The Morgan fingerprint density at radius 1 is 1.05 bits per heavy atom. The first-order valence-electron chi connectivity index (χ1n) is 6.76. The summed E-state index contributed by atoms with van der Waals surface area (Å²) in [5.74, 6) is -0.319. The standard InChI is InChI=1S/C15H15NO4S.Na/c17-15-12-7-3-5-11-6-4-8-13(14(11)12)16(15)9-1-2-10-21(18,19)20;/h3-8H,1-2,9-10H2,(H,18,19,20);/q;+1. The van der Waals surface area contributed by atoms with Crippen molar-refractivity contribution in [3.63, 3.8) is 0 Å². The first kappa shape index (κ1) is 17.4. The monoisotopic (exact) mass is 328 g/mol. The Balaban J connectivity index is 0.00000176. The minimum atomic E-state index is -3.93. The number of hydrogen-bond donors (Lipinski definition) is 1. The molecule has 7 heteroatoms. The Hall–Kier alpha value is -0.920. The van der Waals surface area contributed by atoms with Gasteiger partial charge in [-0.25, -0.2) is 0 Å². The number of amides is 1. The van der Waals surface area contributed by atoms with Crippen molar-refractivity contribution in [2.24, 2.45) is 0 Å². The van der Waals surface area contributed by atoms with Gasteiger partial charge in [0.05, 0.1) is 11.4 Å². The van der Waals surface area contributed by atoms with E-state index in [2.05, 4.69) is 0 Å². The molecule has 1 aliphatic heterocycles. The summed E-state index contributed by atoms with van der Waals surface area (Å²) < 4.78 is 30.1. The van der Waals surface area contributed by atoms with Crippen LogP contribution in [-0.2, 0) is 10.1 Å². The van der Waals surface area contributed by atoms with Crippen LogP contribution in [0.1, 0.15) is 23.2 Å². The fourth-order valence-corrected chi connectivity index (χ4v) is 3.32. The Labute approximate surface area is 151 Å². The fraction of sp³-hybridized carbons (Fsp3) is 0.267. The molecule has 0 saturated carbocycles. The fourth-order valence-electron chi connectivity index (χ4n) is 2.76. The van der Waals surface area contributed by atoms with Gasteiger partial charge >= 0.3 is 29.6 Å². The van der Waals surface area contributed by atoms with Gasteiger partial charge in [-0.05, 0) is 30.4 Å². The van der Waals surface area contributed by atoms with Gasteiger partial charge in [0.1, 0.15) is 0 Å². The zero-order chi connectivity index (χ0) is 15.0. The van der Waals surface area contributed by atoms with E-state index in [-0.39, 0.29) is 41.2 Å². The maximum Gasteiger partial charge on any atom is 1.00 e. The van der Waals surface area contributed by atoms with Gasteiger partial charge in [0.15, 0.2) is 0 Å². The van der Waals surface area contributed by atoms with E-state index in [4.69, 9.17) is 4.55 Å². The van der Waals surface area contributed by atoms with Crippen LogP contribution in [0.2, 0.25) is 0 Å². The molecule has 0 atom stereocenters. The third kappa shape index (κ3) is 3.36. The van der Waals surface area contributed by atoms with Crippen molar-refractivity contribution in [1.82, 2.24) is 0 Å². The van der Waals surface area contributed by atoms with E-state index in [9.17, 15) is 13.2 Å². The van der Waals surface area contributed by atoms with Gasteiger partial charge in [-0.3, -0.25) is 9.35 Å². The normalized spacial score (nSPS) is 13.5. The van der Waals surface area contributed by atoms with Crippen LogP contribution in [0, 0.1) is 0 Å². The quantitative estimate of drug-likeness (QED) is 0.455. The zero-order valence-electron chi connectivity index (χ0n) is 12.3. The summed E-state index contributed by atoms with van der Waals surface area (Å²) in [5, 5.41) is 1.98. The van der Waals surface area contributed by atoms with E-state index in [1.807, 2.05) is 36.4 Å². The number of nitrogens with zero attached hydrogens (tertiary/aromatic N) is 1. The van der Waals surface area contributed by atoms with Crippen LogP contribution in [0.5, 0.6) is 0 Å². The number of unbranched alkanes of at least 4 members (excludes halogenated alkanes) is 1. The molecule has 1 heterocycles. The molecule has 0 aliphatic carbocycles. The maximum atomic E-state index is 12.4. The summed E-state index contributed by atoms with van der Waals surface area (Å²) in [6.07, 6.45) is 0.852. The molecular weight excluding hydrogens is 313 g/mol. The number of rotatable bonds is 5. The number of anilines is 1. The number of benzene rings is 2. The molecule has 1 amide bonds. The van der Waals surface area contributed by atoms with Crippen molar-refractivity contribution in [3.05, 3.63) is 42.0 Å². The van der Waals surface area contributed by atoms with Crippen LogP contribution in [0.4, 0.5) is 5.69 Å². The van der Waals surface area contributed by atoms with Gasteiger partial charge in [0.2, 0.25) is 0 Å². The van der Waals surface area contributed by atoms with E-state index >= 15 is 0 Å². The molecule has 0 fully saturated rings. The summed E-state index contributed by atoms with van der Waals surface area (Å²) in [5.41, 5.74) is 1.57. The van der Waals surface area contributed by atoms with Gasteiger partial charge in [0, 0.05) is 17.5 Å². The second kappa shape index (κ2) is 6.68. The average molecular weight is 328 g/mol. The molecule has 0 bridgehead atoms. The van der Waals surface area contributed by atoms with Crippen molar-refractivity contribution >= 4 is 32.5 Å². The molecule has 2 aromatic rings. The predicted molar refractivity (Wildman–Crippen MR) is 81.3 cm³/mol. The molecule has 2 aromatic carbocycles. The van der Waals surface area contributed by atoms with E-state index in [0.717, 1.165) is 16.5 Å². The number of carbonyl (C=O) groups excluding carboxylic acids is 1. The molecule has 0 saturated heterocycles. The minimum Gasteiger partial charge on any atom is -0.308 e. The summed E-state index contributed by atoms with van der Waals surface area (Å²) in [7, 11) is -3.93. The SMILES string of the molecule is O=C1c2cccc3cccc(c23)N1CCCCS(=O)(=O)O.[Na+]. The summed E-state index contributed by atoms with van der Waals surface area (Å²) in [4.78, 5) is 14.1. The first-order valence-corrected chi connectivity index (χ1v) is 8.37. The van der Waals surface area contributed by atoms with Crippen molar-refractivity contribution in [1.29, 1.82) is 0 Å². The summed E-state index contributed by atoms with van der Waals surface area (Å²) >= 11 is 0. The van der Waals surface area contributed by atoms with Gasteiger partial charge in [-0.1, -0.05) is 24.3 Å². The van der Waals surface area contributed by atoms with E-state index in [0.29, 0.717) is 24.9 Å². The minimum absolute atomic E-state index is 0. The Morgan fingerprint density at radius 2 is 1.73 bits per heavy atom. The second-order valence-electron chi connectivity index (χ2n) is 5.13. The number of carbonyl (C=O) groups is 1. The molecule has 5 nitrogen and oxygen atoms in total. The average Bonchev–Trinajstić information content (AvgIpc) is 2.70. The second-order valence-corrected chi connectivity index (χ2v) is 6.70. The zero-order valence-corrected chi connectivity index (χ0v) is 15.1. The van der Waals surface area contributed by atoms with Crippen molar-refractivity contribution in [2.45, 2.75) is 12.8 Å². The molecule has 0 aromatic heterocycles. The summed E-state index contributed by atoms with van der Waals surface area (Å²) in [6, 6.07) is 11.4. The molecule has 110 valence electrons. The topological polar surface area (TPSA) is 74.7 Å². The van der Waals surface area contributed by atoms with Gasteiger partial charge < -0.3 is 4.90 Å². The van der Waals surface area contributed by atoms with E-state index in [1.54, 1.807) is 4.90 Å². The van der Waals surface area contributed by atoms with Crippen LogP contribution >= 0.6 is 0 Å². The third-order valence-corrected chi connectivity index (χ3v) is 4.49. The van der Waals surface area contributed by atoms with Gasteiger partial charge in [0.25, 0.3) is 16.0 Å². The Kier molecular flexibility index (Phi) is 5.29. The molecule has 1 aliphatic rings. The van der Waals surface area contributed by atoms with Gasteiger partial charge in [-0.2, -0.15) is 8.42 Å². The van der Waals surface area contributed by atoms with E-state index in [1.165, 1.54) is 0 Å². The van der Waals surface area contributed by atoms with Crippen molar-refractivity contribution in [2.75, 3.05) is 17.2 Å². The van der Waals surface area contributed by atoms with Crippen LogP contribution in [-0.4, -0.2) is 31.2 Å². The smallest absolute Gasteiger partial charge is 0.308 e. The van der Waals surface area contributed by atoms with Crippen LogP contribution in [0.25, 0.3) is 10.8 Å². The Bertz CT molecular complexity index is 814. The van der Waals surface area contributed by atoms with Crippen LogP contribution in [0.3, 0.4) is 0 Å². The molecule has 22 heavy (non-hydrogen) atoms. The largest absolute Gasteiger partial charge is 1.00 e. The van der Waals surface area contributed by atoms with E-state index < -0.39 is 10.1 Å². The Morgan fingerprint density at radius 3 is 2.41 bits per heavy atom. The predicted octanol–water partition coefficient (Wildman–Crippen LogP) is -0.528. The number of hydrogen-bond acceptors (Lipinski definition) is 3. The molecule has 0 radical (unpaired) electrons. The molecule has 0 spiro atoms. The van der Waals surface area contributed by atoms with Crippen molar-refractivity contribution < 1.29 is 47.3 Å². The van der Waals surface area contributed by atoms with Crippen LogP contribution < -0.4 is 34.5 Å². The van der Waals surface area contributed by atoms with Crippen LogP contribution in [0.15, 0.2) is 36.4 Å². The molecule has 0 unspecified atom stereocenters. The summed E-state index contributed by atoms with van der Waals surface area (Å²) in [6.45, 7) is 0.447. The molecule has 1 N–H and O–H groups in total. The molecular formula is C15H15NNaO4S+. The third-order valence-electron chi connectivity index (χ3n) is 3.68.